The van der Waals surface area contributed by atoms with Crippen LogP contribution in [0.15, 0.2) is 42.5 Å². The second kappa shape index (κ2) is 6.92. The van der Waals surface area contributed by atoms with E-state index < -0.39 is 5.92 Å². The number of carbonyl (C=O) groups is 1. The molecule has 2 aromatic rings. The number of halogens is 2. The van der Waals surface area contributed by atoms with Gasteiger partial charge in [0.1, 0.15) is 11.7 Å². The Labute approximate surface area is 141 Å². The topological polar surface area (TPSA) is 50.1 Å². The van der Waals surface area contributed by atoms with E-state index >= 15 is 0 Å². The summed E-state index contributed by atoms with van der Waals surface area (Å²) in [5.41, 5.74) is 1.00. The van der Waals surface area contributed by atoms with Crippen LogP contribution < -0.4 is 4.74 Å². The van der Waals surface area contributed by atoms with Gasteiger partial charge >= 0.3 is 0 Å². The predicted octanol–water partition coefficient (Wildman–Crippen LogP) is 4.44. The summed E-state index contributed by atoms with van der Waals surface area (Å²) in [6, 6.07) is 14.1. The third-order valence-corrected chi connectivity index (χ3v) is 4.21. The molecule has 2 rings (SSSR count). The quantitative estimate of drug-likeness (QED) is 0.552. The lowest BCUT2D eigenvalue weighted by atomic mass is 9.91. The van der Waals surface area contributed by atoms with Gasteiger partial charge in [0.15, 0.2) is 5.78 Å². The summed E-state index contributed by atoms with van der Waals surface area (Å²) in [4.78, 5) is 12.7. The maximum atomic E-state index is 12.7. The van der Waals surface area contributed by atoms with E-state index in [1.54, 1.807) is 30.3 Å². The predicted molar refractivity (Wildman–Crippen MR) is 89.8 cm³/mol. The molecular weight excluding hydrogens is 401 g/mol. The fourth-order valence-corrected chi connectivity index (χ4v) is 2.85. The zero-order valence-corrected chi connectivity index (χ0v) is 14.1. The van der Waals surface area contributed by atoms with Crippen molar-refractivity contribution in [1.82, 2.24) is 0 Å². The van der Waals surface area contributed by atoms with Crippen molar-refractivity contribution in [2.24, 2.45) is 0 Å². The van der Waals surface area contributed by atoms with Gasteiger partial charge in [-0.1, -0.05) is 29.8 Å². The minimum absolute atomic E-state index is 0.261. The molecule has 0 aliphatic carbocycles. The summed E-state index contributed by atoms with van der Waals surface area (Å²) in [6.07, 6.45) is 0. The van der Waals surface area contributed by atoms with Crippen LogP contribution in [0.5, 0.6) is 5.75 Å². The van der Waals surface area contributed by atoms with E-state index in [9.17, 15) is 10.1 Å². The summed E-state index contributed by atoms with van der Waals surface area (Å²) in [6.45, 7) is 0. The highest BCUT2D eigenvalue weighted by Crippen LogP contribution is 2.32. The largest absolute Gasteiger partial charge is 0.496 e. The van der Waals surface area contributed by atoms with Crippen molar-refractivity contribution in [2.75, 3.05) is 7.11 Å². The Bertz CT molecular complexity index is 724. The van der Waals surface area contributed by atoms with Gasteiger partial charge in [0.05, 0.1) is 13.2 Å². The number of methoxy groups -OCH3 is 1. The van der Waals surface area contributed by atoms with Crippen LogP contribution in [-0.4, -0.2) is 12.9 Å². The monoisotopic (exact) mass is 411 g/mol. The van der Waals surface area contributed by atoms with Crippen molar-refractivity contribution in [1.29, 1.82) is 5.26 Å². The molecule has 0 fully saturated rings. The number of rotatable bonds is 4. The number of nitriles is 1. The lowest BCUT2D eigenvalue weighted by Crippen LogP contribution is -2.13. The molecule has 0 N–H and O–H groups in total. The summed E-state index contributed by atoms with van der Waals surface area (Å²) >= 11 is 8.06. The van der Waals surface area contributed by atoms with E-state index in [-0.39, 0.29) is 5.78 Å². The zero-order valence-electron chi connectivity index (χ0n) is 11.1. The van der Waals surface area contributed by atoms with Crippen LogP contribution in [0.4, 0.5) is 0 Å². The molecule has 0 saturated heterocycles. The maximum Gasteiger partial charge on any atom is 0.185 e. The molecule has 0 amide bonds. The number of carbonyl (C=O) groups excluding carboxylic acids is 1. The Morgan fingerprint density at radius 2 is 2.05 bits per heavy atom. The van der Waals surface area contributed by atoms with E-state index in [0.29, 0.717) is 21.9 Å². The van der Waals surface area contributed by atoms with Gasteiger partial charge in [0.25, 0.3) is 0 Å². The maximum absolute atomic E-state index is 12.7. The number of ether oxygens (including phenoxy) is 1. The van der Waals surface area contributed by atoms with Crippen LogP contribution in [-0.2, 0) is 0 Å². The van der Waals surface area contributed by atoms with Crippen molar-refractivity contribution >= 4 is 40.0 Å². The molecule has 5 heteroatoms. The first-order valence-corrected chi connectivity index (χ1v) is 7.56. The molecular formula is C16H11ClINO2. The third-order valence-electron chi connectivity index (χ3n) is 3.03. The highest BCUT2D eigenvalue weighted by atomic mass is 127. The first-order chi connectivity index (χ1) is 10.1. The van der Waals surface area contributed by atoms with E-state index in [2.05, 4.69) is 28.7 Å². The second-order valence-corrected chi connectivity index (χ2v) is 5.89. The minimum atomic E-state index is -0.949. The molecule has 3 nitrogen and oxygen atoms in total. The van der Waals surface area contributed by atoms with Crippen molar-refractivity contribution in [3.05, 3.63) is 62.2 Å². The molecule has 106 valence electrons. The fourth-order valence-electron chi connectivity index (χ4n) is 2.02. The third kappa shape index (κ3) is 3.36. The van der Waals surface area contributed by atoms with Crippen molar-refractivity contribution < 1.29 is 9.53 Å². The zero-order chi connectivity index (χ0) is 15.4. The van der Waals surface area contributed by atoms with E-state index in [1.165, 1.54) is 7.11 Å². The lowest BCUT2D eigenvalue weighted by Gasteiger charge is -2.14. The Balaban J connectivity index is 2.51. The number of hydrogen-bond donors (Lipinski definition) is 0. The summed E-state index contributed by atoms with van der Waals surface area (Å²) in [7, 11) is 1.50. The Hall–Kier alpha value is -1.58. The van der Waals surface area contributed by atoms with Crippen LogP contribution in [0, 0.1) is 14.9 Å². The molecule has 1 unspecified atom stereocenters. The van der Waals surface area contributed by atoms with Crippen molar-refractivity contribution in [2.45, 2.75) is 5.92 Å². The second-order valence-electron chi connectivity index (χ2n) is 4.29. The van der Waals surface area contributed by atoms with Crippen LogP contribution in [0.3, 0.4) is 0 Å². The van der Waals surface area contributed by atoms with Crippen LogP contribution in [0.1, 0.15) is 21.8 Å². The Kier molecular flexibility index (Phi) is 5.21. The molecule has 0 aliphatic heterocycles. The lowest BCUT2D eigenvalue weighted by molar-refractivity contribution is 0.0977. The van der Waals surface area contributed by atoms with Gasteiger partial charge in [-0.3, -0.25) is 4.79 Å². The van der Waals surface area contributed by atoms with E-state index in [4.69, 9.17) is 16.3 Å². The molecule has 0 saturated carbocycles. The first kappa shape index (κ1) is 15.8. The average molecular weight is 412 g/mol. The molecule has 0 radical (unpaired) electrons. The average Bonchev–Trinajstić information content (AvgIpc) is 2.48. The van der Waals surface area contributed by atoms with E-state index in [0.717, 1.165) is 3.57 Å². The summed E-state index contributed by atoms with van der Waals surface area (Å²) < 4.78 is 6.04. The Morgan fingerprint density at radius 3 is 2.67 bits per heavy atom. The highest BCUT2D eigenvalue weighted by Gasteiger charge is 2.26. The smallest absolute Gasteiger partial charge is 0.185 e. The Morgan fingerprint density at radius 1 is 1.33 bits per heavy atom. The van der Waals surface area contributed by atoms with Gasteiger partial charge in [-0.05, 0) is 46.9 Å². The van der Waals surface area contributed by atoms with Gasteiger partial charge in [-0.15, -0.1) is 0 Å². The molecule has 1 atom stereocenters. The molecule has 0 aliphatic rings. The normalized spacial score (nSPS) is 11.5. The van der Waals surface area contributed by atoms with Gasteiger partial charge in [0.2, 0.25) is 0 Å². The van der Waals surface area contributed by atoms with Gasteiger partial charge in [-0.25, -0.2) is 0 Å². The van der Waals surface area contributed by atoms with Crippen LogP contribution in [0.2, 0.25) is 5.02 Å². The standard InChI is InChI=1S/C16H11ClINO2/c1-21-15-7-6-10(17)8-12(15)13(9-19)16(20)11-4-2-3-5-14(11)18/h2-8,13H,1H3. The number of nitrogens with zero attached hydrogens (tertiary/aromatic N) is 1. The van der Waals surface area contributed by atoms with Crippen molar-refractivity contribution in [3.63, 3.8) is 0 Å². The molecule has 0 heterocycles. The number of hydrogen-bond acceptors (Lipinski definition) is 3. The molecule has 21 heavy (non-hydrogen) atoms. The molecule has 0 aromatic heterocycles. The van der Waals surface area contributed by atoms with E-state index in [1.807, 2.05) is 12.1 Å². The fraction of sp³-hybridized carbons (Fsp3) is 0.125. The summed E-state index contributed by atoms with van der Waals surface area (Å²) in [5, 5.41) is 9.90. The SMILES string of the molecule is COc1ccc(Cl)cc1C(C#N)C(=O)c1ccccc1I. The minimum Gasteiger partial charge on any atom is -0.496 e. The van der Waals surface area contributed by atoms with Crippen LogP contribution >= 0.6 is 34.2 Å². The number of ketones is 1. The molecule has 0 bridgehead atoms. The number of benzene rings is 2. The van der Waals surface area contributed by atoms with Gasteiger partial charge in [-0.2, -0.15) is 5.26 Å². The van der Waals surface area contributed by atoms with Crippen LogP contribution in [0.25, 0.3) is 0 Å². The highest BCUT2D eigenvalue weighted by molar-refractivity contribution is 14.1. The molecule has 2 aromatic carbocycles. The summed E-state index contributed by atoms with van der Waals surface area (Å²) in [5.74, 6) is -0.733. The van der Waals surface area contributed by atoms with Gasteiger partial charge in [0, 0.05) is 19.7 Å². The van der Waals surface area contributed by atoms with Crippen molar-refractivity contribution in [3.8, 4) is 11.8 Å². The first-order valence-electron chi connectivity index (χ1n) is 6.10. The number of Topliss-reactive ketones (excluding diaryl/α,β-unsaturated/α-hetero) is 1. The molecule has 0 spiro atoms. The van der Waals surface area contributed by atoms with Gasteiger partial charge < -0.3 is 4.74 Å².